The Morgan fingerprint density at radius 2 is 1.54 bits per heavy atom. The zero-order valence-electron chi connectivity index (χ0n) is 14.0. The van der Waals surface area contributed by atoms with Crippen LogP contribution in [0.25, 0.3) is 0 Å². The number of aromatic carboxylic acids is 2. The predicted molar refractivity (Wildman–Crippen MR) is 88.4 cm³/mol. The summed E-state index contributed by atoms with van der Waals surface area (Å²) < 4.78 is 0. The van der Waals surface area contributed by atoms with Gasteiger partial charge in [-0.05, 0) is 74.1 Å². The highest BCUT2D eigenvalue weighted by atomic mass is 16.4. The Balaban J connectivity index is 2.15. The molecule has 5 nitrogen and oxygen atoms in total. The largest absolute Gasteiger partial charge is 0.478 e. The van der Waals surface area contributed by atoms with E-state index in [-0.39, 0.29) is 29.6 Å². The maximum absolute atomic E-state index is 11.5. The number of aliphatic hydroxyl groups is 1. The number of rotatable bonds is 4. The van der Waals surface area contributed by atoms with Gasteiger partial charge in [-0.25, -0.2) is 9.59 Å². The summed E-state index contributed by atoms with van der Waals surface area (Å²) in [6.07, 6.45) is 0.982. The van der Waals surface area contributed by atoms with Gasteiger partial charge in [0.05, 0.1) is 11.1 Å². The molecule has 0 aliphatic heterocycles. The van der Waals surface area contributed by atoms with Gasteiger partial charge in [0.25, 0.3) is 0 Å². The normalized spacial score (nSPS) is 28.5. The van der Waals surface area contributed by atoms with Crippen LogP contribution in [0.3, 0.4) is 0 Å². The molecule has 0 aromatic heterocycles. The highest BCUT2D eigenvalue weighted by Gasteiger charge is 2.50. The van der Waals surface area contributed by atoms with E-state index in [4.69, 9.17) is 0 Å². The minimum Gasteiger partial charge on any atom is -0.478 e. The second-order valence-corrected chi connectivity index (χ2v) is 7.05. The van der Waals surface area contributed by atoms with E-state index in [1.54, 1.807) is 0 Å². The quantitative estimate of drug-likeness (QED) is 0.738. The van der Waals surface area contributed by atoms with Gasteiger partial charge in [-0.15, -0.1) is 0 Å². The van der Waals surface area contributed by atoms with Gasteiger partial charge in [0.2, 0.25) is 0 Å². The molecular weight excluding hydrogens is 308 g/mol. The fourth-order valence-electron chi connectivity index (χ4n) is 4.80. The Bertz CT molecular complexity index is 761. The molecule has 24 heavy (non-hydrogen) atoms. The molecule has 1 aromatic carbocycles. The van der Waals surface area contributed by atoms with Crippen LogP contribution in [0, 0.1) is 24.7 Å². The number of hydrogen-bond donors (Lipinski definition) is 3. The topological polar surface area (TPSA) is 94.8 Å². The lowest BCUT2D eigenvalue weighted by Crippen LogP contribution is -2.26. The summed E-state index contributed by atoms with van der Waals surface area (Å²) in [7, 11) is 0. The van der Waals surface area contributed by atoms with Crippen molar-refractivity contribution < 1.29 is 24.9 Å². The fraction of sp³-hybridized carbons (Fsp3) is 0.474. The summed E-state index contributed by atoms with van der Waals surface area (Å²) in [6.45, 7) is 6.10. The number of allylic oxidation sites excluding steroid dienone is 2. The van der Waals surface area contributed by atoms with E-state index in [2.05, 4.69) is 13.8 Å². The summed E-state index contributed by atoms with van der Waals surface area (Å²) in [6, 6.07) is 2.96. The Morgan fingerprint density at radius 3 is 2.08 bits per heavy atom. The van der Waals surface area contributed by atoms with Crippen molar-refractivity contribution in [2.45, 2.75) is 33.1 Å². The molecule has 2 bridgehead atoms. The minimum absolute atomic E-state index is 0.0460. The van der Waals surface area contributed by atoms with Crippen LogP contribution in [0.4, 0.5) is 0 Å². The van der Waals surface area contributed by atoms with Gasteiger partial charge >= 0.3 is 11.9 Å². The molecule has 4 atom stereocenters. The van der Waals surface area contributed by atoms with Crippen molar-refractivity contribution in [2.75, 3.05) is 6.61 Å². The Labute approximate surface area is 140 Å². The molecule has 3 N–H and O–H groups in total. The first-order valence-electron chi connectivity index (χ1n) is 8.17. The van der Waals surface area contributed by atoms with Crippen molar-refractivity contribution in [1.29, 1.82) is 0 Å². The average Bonchev–Trinajstić information content (AvgIpc) is 3.03. The zero-order chi connectivity index (χ0) is 17.8. The average molecular weight is 330 g/mol. The molecule has 1 fully saturated rings. The minimum atomic E-state index is -1.24. The molecule has 2 aliphatic carbocycles. The monoisotopic (exact) mass is 330 g/mol. The van der Waals surface area contributed by atoms with Crippen molar-refractivity contribution in [3.8, 4) is 0 Å². The van der Waals surface area contributed by atoms with Crippen LogP contribution in [0.5, 0.6) is 0 Å². The maximum Gasteiger partial charge on any atom is 0.336 e. The summed E-state index contributed by atoms with van der Waals surface area (Å²) in [5, 5.41) is 28.6. The number of carboxylic acid groups (broad SMARTS) is 2. The van der Waals surface area contributed by atoms with Crippen LogP contribution in [0.1, 0.15) is 58.0 Å². The van der Waals surface area contributed by atoms with E-state index in [0.29, 0.717) is 11.8 Å². The molecule has 3 rings (SSSR count). The van der Waals surface area contributed by atoms with E-state index >= 15 is 0 Å². The van der Waals surface area contributed by atoms with Gasteiger partial charge in [0.1, 0.15) is 0 Å². The number of aliphatic hydroxyl groups excluding tert-OH is 1. The highest BCUT2D eigenvalue weighted by Crippen LogP contribution is 2.59. The Morgan fingerprint density at radius 1 is 1.00 bits per heavy atom. The first-order valence-corrected chi connectivity index (χ1v) is 8.17. The molecule has 5 heteroatoms. The molecule has 2 aliphatic rings. The maximum atomic E-state index is 11.5. The number of hydrogen-bond acceptors (Lipinski definition) is 3. The highest BCUT2D eigenvalue weighted by molar-refractivity contribution is 6.02. The molecule has 1 saturated carbocycles. The van der Waals surface area contributed by atoms with Crippen molar-refractivity contribution in [3.05, 3.63) is 45.5 Å². The first-order chi connectivity index (χ1) is 11.3. The van der Waals surface area contributed by atoms with E-state index in [0.717, 1.165) is 17.5 Å². The van der Waals surface area contributed by atoms with Crippen LogP contribution in [0.15, 0.2) is 23.3 Å². The fourth-order valence-corrected chi connectivity index (χ4v) is 4.80. The van der Waals surface area contributed by atoms with Crippen LogP contribution in [-0.4, -0.2) is 33.9 Å². The van der Waals surface area contributed by atoms with Crippen LogP contribution >= 0.6 is 0 Å². The standard InChI is InChI=1S/C19H22O5/c1-8-4-14(18(21)22)15(19(23)24)5-11(8)17-13-6-12(16(17)7-20)9(2)10(13)3/h4-5,12-13,16-17,20H,6-7H2,1-3H3,(H,21,22)(H,23,24). The summed E-state index contributed by atoms with van der Waals surface area (Å²) >= 11 is 0. The van der Waals surface area contributed by atoms with Crippen molar-refractivity contribution >= 4 is 11.9 Å². The van der Waals surface area contributed by atoms with E-state index in [1.165, 1.54) is 23.3 Å². The van der Waals surface area contributed by atoms with Gasteiger partial charge in [-0.3, -0.25) is 0 Å². The van der Waals surface area contributed by atoms with Gasteiger partial charge in [0.15, 0.2) is 0 Å². The molecule has 0 radical (unpaired) electrons. The lowest BCUT2D eigenvalue weighted by atomic mass is 9.72. The third-order valence-corrected chi connectivity index (χ3v) is 6.09. The molecule has 0 spiro atoms. The molecule has 128 valence electrons. The number of aryl methyl sites for hydroxylation is 1. The molecular formula is C19H22O5. The second kappa shape index (κ2) is 5.74. The SMILES string of the molecule is CC1=C(C)C2CC1C(CO)C2c1cc(C(=O)O)c(C(=O)O)cc1C. The molecule has 4 unspecified atom stereocenters. The summed E-state index contributed by atoms with van der Waals surface area (Å²) in [5.41, 5.74) is 3.94. The zero-order valence-corrected chi connectivity index (χ0v) is 14.0. The molecule has 0 amide bonds. The van der Waals surface area contributed by atoms with Crippen molar-refractivity contribution in [3.63, 3.8) is 0 Å². The second-order valence-electron chi connectivity index (χ2n) is 7.05. The number of carbonyl (C=O) groups is 2. The van der Waals surface area contributed by atoms with Gasteiger partial charge in [0, 0.05) is 6.61 Å². The van der Waals surface area contributed by atoms with Crippen molar-refractivity contribution in [1.82, 2.24) is 0 Å². The van der Waals surface area contributed by atoms with Gasteiger partial charge in [-0.2, -0.15) is 0 Å². The number of benzene rings is 1. The Kier molecular flexibility index (Phi) is 4.00. The predicted octanol–water partition coefficient (Wildman–Crippen LogP) is 3.07. The van der Waals surface area contributed by atoms with Gasteiger partial charge in [-0.1, -0.05) is 11.1 Å². The lowest BCUT2D eigenvalue weighted by Gasteiger charge is -2.33. The van der Waals surface area contributed by atoms with E-state index in [1.807, 2.05) is 6.92 Å². The smallest absolute Gasteiger partial charge is 0.336 e. The van der Waals surface area contributed by atoms with Gasteiger partial charge < -0.3 is 15.3 Å². The van der Waals surface area contributed by atoms with Crippen LogP contribution < -0.4 is 0 Å². The third kappa shape index (κ3) is 2.26. The van der Waals surface area contributed by atoms with Crippen LogP contribution in [0.2, 0.25) is 0 Å². The number of carboxylic acids is 2. The molecule has 1 aromatic rings. The molecule has 0 heterocycles. The first kappa shape index (κ1) is 16.7. The lowest BCUT2D eigenvalue weighted by molar-refractivity contribution is 0.0651. The summed E-state index contributed by atoms with van der Waals surface area (Å²) in [5.74, 6) is -1.74. The van der Waals surface area contributed by atoms with Crippen LogP contribution in [-0.2, 0) is 0 Å². The van der Waals surface area contributed by atoms with Crippen molar-refractivity contribution in [2.24, 2.45) is 17.8 Å². The van der Waals surface area contributed by atoms with E-state index < -0.39 is 11.9 Å². The number of fused-ring (bicyclic) bond motifs is 2. The Hall–Kier alpha value is -2.14. The van der Waals surface area contributed by atoms with E-state index in [9.17, 15) is 24.9 Å². The summed E-state index contributed by atoms with van der Waals surface area (Å²) in [4.78, 5) is 22.9. The molecule has 0 saturated heterocycles. The third-order valence-electron chi connectivity index (χ3n) is 6.09.